The maximum Gasteiger partial charge on any atom is 0.272 e. The maximum absolute atomic E-state index is 13.7. The number of non-ortho nitro benzene ring substituents is 1. The zero-order valence-electron chi connectivity index (χ0n) is 10.5. The van der Waals surface area contributed by atoms with E-state index in [2.05, 4.69) is 10.3 Å². The summed E-state index contributed by atoms with van der Waals surface area (Å²) in [6.07, 6.45) is 3.44. The first-order chi connectivity index (χ1) is 8.99. The second-order valence-corrected chi connectivity index (χ2v) is 4.18. The monoisotopic (exact) mass is 264 g/mol. The first-order valence-electron chi connectivity index (χ1n) is 5.66. The molecule has 1 N–H and O–H groups in total. The predicted octanol–water partition coefficient (Wildman–Crippen LogP) is 2.64. The van der Waals surface area contributed by atoms with Gasteiger partial charge in [-0.25, -0.2) is 9.37 Å². The standard InChI is InChI=1S/C12H13FN4O2/c1-8(12-14-5-6-16(12)2)15-11-4-3-9(17(18)19)7-10(11)13/h3-8,15H,1-2H3. The van der Waals surface area contributed by atoms with Crippen LogP contribution in [0.1, 0.15) is 18.8 Å². The summed E-state index contributed by atoms with van der Waals surface area (Å²) in [4.78, 5) is 14.1. The van der Waals surface area contributed by atoms with Crippen LogP contribution in [0.3, 0.4) is 0 Å². The van der Waals surface area contributed by atoms with Crippen molar-refractivity contribution in [3.63, 3.8) is 0 Å². The Balaban J connectivity index is 2.20. The fourth-order valence-electron chi connectivity index (χ4n) is 1.83. The van der Waals surface area contributed by atoms with Gasteiger partial charge < -0.3 is 9.88 Å². The van der Waals surface area contributed by atoms with E-state index < -0.39 is 10.7 Å². The molecule has 1 aromatic heterocycles. The number of nitro benzene ring substituents is 1. The van der Waals surface area contributed by atoms with Crippen molar-refractivity contribution in [2.24, 2.45) is 7.05 Å². The fraction of sp³-hybridized carbons (Fsp3) is 0.250. The van der Waals surface area contributed by atoms with Crippen molar-refractivity contribution in [1.29, 1.82) is 0 Å². The van der Waals surface area contributed by atoms with Gasteiger partial charge in [0, 0.05) is 25.5 Å². The van der Waals surface area contributed by atoms with Crippen molar-refractivity contribution in [1.82, 2.24) is 9.55 Å². The highest BCUT2D eigenvalue weighted by atomic mass is 19.1. The van der Waals surface area contributed by atoms with Crippen molar-refractivity contribution >= 4 is 11.4 Å². The molecule has 7 heteroatoms. The second-order valence-electron chi connectivity index (χ2n) is 4.18. The van der Waals surface area contributed by atoms with Crippen LogP contribution in [-0.2, 0) is 7.05 Å². The van der Waals surface area contributed by atoms with E-state index in [4.69, 9.17) is 0 Å². The Hall–Kier alpha value is -2.44. The van der Waals surface area contributed by atoms with Gasteiger partial charge in [0.2, 0.25) is 0 Å². The summed E-state index contributed by atoms with van der Waals surface area (Å²) < 4.78 is 15.5. The van der Waals surface area contributed by atoms with Crippen LogP contribution in [0.15, 0.2) is 30.6 Å². The molecule has 100 valence electrons. The number of aryl methyl sites for hydroxylation is 1. The van der Waals surface area contributed by atoms with Crippen molar-refractivity contribution in [3.8, 4) is 0 Å². The van der Waals surface area contributed by atoms with E-state index in [0.29, 0.717) is 0 Å². The smallest absolute Gasteiger partial charge is 0.272 e. The Morgan fingerprint density at radius 3 is 2.79 bits per heavy atom. The lowest BCUT2D eigenvalue weighted by atomic mass is 10.2. The molecule has 0 spiro atoms. The van der Waals surface area contributed by atoms with Gasteiger partial charge in [-0.3, -0.25) is 10.1 Å². The number of imidazole rings is 1. The van der Waals surface area contributed by atoms with Gasteiger partial charge in [0.25, 0.3) is 5.69 Å². The molecule has 2 rings (SSSR count). The normalized spacial score (nSPS) is 12.2. The summed E-state index contributed by atoms with van der Waals surface area (Å²) >= 11 is 0. The van der Waals surface area contributed by atoms with Gasteiger partial charge in [0.1, 0.15) is 5.82 Å². The third-order valence-corrected chi connectivity index (χ3v) is 2.78. The fourth-order valence-corrected chi connectivity index (χ4v) is 1.83. The molecule has 19 heavy (non-hydrogen) atoms. The zero-order chi connectivity index (χ0) is 14.0. The van der Waals surface area contributed by atoms with Crippen LogP contribution in [0.2, 0.25) is 0 Å². The zero-order valence-corrected chi connectivity index (χ0v) is 10.5. The number of anilines is 1. The van der Waals surface area contributed by atoms with Gasteiger partial charge in [0.05, 0.1) is 22.7 Å². The van der Waals surface area contributed by atoms with Crippen LogP contribution in [0.25, 0.3) is 0 Å². The number of nitro groups is 1. The van der Waals surface area contributed by atoms with E-state index in [1.54, 1.807) is 12.4 Å². The average molecular weight is 264 g/mol. The van der Waals surface area contributed by atoms with Crippen LogP contribution < -0.4 is 5.32 Å². The number of aromatic nitrogens is 2. The second kappa shape index (κ2) is 5.05. The van der Waals surface area contributed by atoms with E-state index in [9.17, 15) is 14.5 Å². The molecule has 0 radical (unpaired) electrons. The highest BCUT2D eigenvalue weighted by molar-refractivity contribution is 5.50. The molecule has 2 aromatic rings. The molecule has 6 nitrogen and oxygen atoms in total. The van der Waals surface area contributed by atoms with Crippen LogP contribution >= 0.6 is 0 Å². The van der Waals surface area contributed by atoms with Crippen molar-refractivity contribution in [2.75, 3.05) is 5.32 Å². The van der Waals surface area contributed by atoms with Gasteiger partial charge in [-0.15, -0.1) is 0 Å². The Bertz CT molecular complexity index is 612. The molecule has 0 aliphatic heterocycles. The molecule has 0 saturated carbocycles. The first kappa shape index (κ1) is 13.0. The molecule has 1 atom stereocenters. The number of hydrogen-bond donors (Lipinski definition) is 1. The lowest BCUT2D eigenvalue weighted by Crippen LogP contribution is -2.12. The highest BCUT2D eigenvalue weighted by Gasteiger charge is 2.15. The Morgan fingerprint density at radius 2 is 2.26 bits per heavy atom. The predicted molar refractivity (Wildman–Crippen MR) is 68.3 cm³/mol. The van der Waals surface area contributed by atoms with Crippen LogP contribution in [0.4, 0.5) is 15.8 Å². The number of nitrogens with one attached hydrogen (secondary N) is 1. The molecule has 0 aliphatic rings. The maximum atomic E-state index is 13.7. The lowest BCUT2D eigenvalue weighted by molar-refractivity contribution is -0.385. The van der Waals surface area contributed by atoms with Gasteiger partial charge in [-0.05, 0) is 13.0 Å². The molecule has 1 unspecified atom stereocenters. The topological polar surface area (TPSA) is 73.0 Å². The van der Waals surface area contributed by atoms with Gasteiger partial charge in [-0.1, -0.05) is 0 Å². The van der Waals surface area contributed by atoms with E-state index in [0.717, 1.165) is 11.9 Å². The number of benzene rings is 1. The van der Waals surface area contributed by atoms with Gasteiger partial charge >= 0.3 is 0 Å². The first-order valence-corrected chi connectivity index (χ1v) is 5.66. The van der Waals surface area contributed by atoms with Crippen molar-refractivity contribution in [2.45, 2.75) is 13.0 Å². The van der Waals surface area contributed by atoms with Crippen LogP contribution in [0, 0.1) is 15.9 Å². The lowest BCUT2D eigenvalue weighted by Gasteiger charge is -2.15. The number of hydrogen-bond acceptors (Lipinski definition) is 4. The van der Waals surface area contributed by atoms with Crippen molar-refractivity contribution < 1.29 is 9.31 Å². The molecular weight excluding hydrogens is 251 g/mol. The molecule has 0 aliphatic carbocycles. The minimum Gasteiger partial charge on any atom is -0.373 e. The molecule has 0 amide bonds. The number of rotatable bonds is 4. The quantitative estimate of drug-likeness (QED) is 0.680. The number of halogens is 1. The van der Waals surface area contributed by atoms with Crippen LogP contribution in [-0.4, -0.2) is 14.5 Å². The van der Waals surface area contributed by atoms with Gasteiger partial charge in [0.15, 0.2) is 5.82 Å². The van der Waals surface area contributed by atoms with E-state index >= 15 is 0 Å². The summed E-state index contributed by atoms with van der Waals surface area (Å²) in [6.45, 7) is 1.84. The number of nitrogens with zero attached hydrogens (tertiary/aromatic N) is 3. The summed E-state index contributed by atoms with van der Waals surface area (Å²) in [5.74, 6) is 0.0908. The highest BCUT2D eigenvalue weighted by Crippen LogP contribution is 2.24. The minimum atomic E-state index is -0.657. The minimum absolute atomic E-state index is 0.209. The largest absolute Gasteiger partial charge is 0.373 e. The third-order valence-electron chi connectivity index (χ3n) is 2.78. The van der Waals surface area contributed by atoms with Crippen molar-refractivity contribution in [3.05, 3.63) is 52.3 Å². The molecule has 0 fully saturated rings. The summed E-state index contributed by atoms with van der Waals surface area (Å²) in [5.41, 5.74) is -0.0613. The van der Waals surface area contributed by atoms with Crippen LogP contribution in [0.5, 0.6) is 0 Å². The molecular formula is C12H13FN4O2. The summed E-state index contributed by atoms with van der Waals surface area (Å²) in [7, 11) is 1.84. The summed E-state index contributed by atoms with van der Waals surface area (Å²) in [5, 5.41) is 13.5. The Labute approximate surface area is 109 Å². The Kier molecular flexibility index (Phi) is 3.46. The van der Waals surface area contributed by atoms with E-state index in [1.165, 1.54) is 12.1 Å². The molecule has 1 aromatic carbocycles. The van der Waals surface area contributed by atoms with E-state index in [-0.39, 0.29) is 17.4 Å². The molecule has 0 saturated heterocycles. The average Bonchev–Trinajstić information content (AvgIpc) is 2.77. The van der Waals surface area contributed by atoms with Gasteiger partial charge in [-0.2, -0.15) is 0 Å². The Morgan fingerprint density at radius 1 is 1.53 bits per heavy atom. The third kappa shape index (κ3) is 2.70. The molecule has 0 bridgehead atoms. The molecule has 1 heterocycles. The SMILES string of the molecule is CC(Nc1ccc([N+](=O)[O-])cc1F)c1nccn1C. The summed E-state index contributed by atoms with van der Waals surface area (Å²) in [6, 6.07) is 3.30. The van der Waals surface area contributed by atoms with E-state index in [1.807, 2.05) is 18.5 Å².